The summed E-state index contributed by atoms with van der Waals surface area (Å²) in [4.78, 5) is 0. The van der Waals surface area contributed by atoms with E-state index in [0.717, 1.165) is 11.8 Å². The van der Waals surface area contributed by atoms with E-state index in [-0.39, 0.29) is 0 Å². The molecule has 2 aliphatic rings. The molecule has 2 saturated carbocycles. The van der Waals surface area contributed by atoms with E-state index in [2.05, 4.69) is 0 Å². The Balaban J connectivity index is 1.94. The summed E-state index contributed by atoms with van der Waals surface area (Å²) >= 11 is 0. The molecule has 2 aliphatic carbocycles. The van der Waals surface area contributed by atoms with E-state index < -0.39 is 0 Å². The molecule has 0 aromatic rings. The molecule has 12 heavy (non-hydrogen) atoms. The van der Waals surface area contributed by atoms with Gasteiger partial charge in [-0.25, -0.2) is 0 Å². The molecule has 0 radical (unpaired) electrons. The second kappa shape index (κ2) is 3.78. The van der Waals surface area contributed by atoms with Crippen LogP contribution in [0.25, 0.3) is 0 Å². The Labute approximate surface area is 75.7 Å². The van der Waals surface area contributed by atoms with Crippen LogP contribution in [0.2, 0.25) is 0 Å². The molecule has 0 aromatic heterocycles. The van der Waals surface area contributed by atoms with E-state index in [1.54, 1.807) is 0 Å². The number of hydrogen-bond acceptors (Lipinski definition) is 1. The summed E-state index contributed by atoms with van der Waals surface area (Å²) < 4.78 is 0. The van der Waals surface area contributed by atoms with Crippen molar-refractivity contribution in [3.63, 3.8) is 0 Å². The summed E-state index contributed by atoms with van der Waals surface area (Å²) in [6, 6.07) is 0.524. The van der Waals surface area contributed by atoms with Crippen molar-refractivity contribution in [2.75, 3.05) is 0 Å². The largest absolute Gasteiger partial charge is 0.328 e. The van der Waals surface area contributed by atoms with Crippen molar-refractivity contribution in [3.05, 3.63) is 0 Å². The van der Waals surface area contributed by atoms with Crippen LogP contribution in [0.4, 0.5) is 0 Å². The second-order valence-electron chi connectivity index (χ2n) is 4.72. The fraction of sp³-hybridized carbons (Fsp3) is 1.00. The average molecular weight is 167 g/mol. The third-order valence-electron chi connectivity index (χ3n) is 3.88. The van der Waals surface area contributed by atoms with Crippen LogP contribution in [0.15, 0.2) is 0 Å². The Morgan fingerprint density at radius 2 is 1.17 bits per heavy atom. The lowest BCUT2D eigenvalue weighted by molar-refractivity contribution is 0.224. The van der Waals surface area contributed by atoms with Gasteiger partial charge >= 0.3 is 0 Å². The maximum atomic E-state index is 5.99. The lowest BCUT2D eigenvalue weighted by Gasteiger charge is -2.29. The molecule has 2 rings (SSSR count). The molecular formula is C11H21N. The van der Waals surface area contributed by atoms with Crippen LogP contribution in [-0.4, -0.2) is 6.04 Å². The van der Waals surface area contributed by atoms with E-state index in [9.17, 15) is 0 Å². The Morgan fingerprint density at radius 1 is 0.667 bits per heavy atom. The fourth-order valence-corrected chi connectivity index (χ4v) is 3.05. The van der Waals surface area contributed by atoms with Crippen molar-refractivity contribution in [3.8, 4) is 0 Å². The highest BCUT2D eigenvalue weighted by Gasteiger charge is 2.27. The van der Waals surface area contributed by atoms with E-state index >= 15 is 0 Å². The number of fused-ring (bicyclic) bond motifs is 1. The first-order valence-electron chi connectivity index (χ1n) is 5.62. The summed E-state index contributed by atoms with van der Waals surface area (Å²) in [5, 5.41) is 0. The Kier molecular flexibility index (Phi) is 2.69. The molecule has 1 heteroatoms. The van der Waals surface area contributed by atoms with Crippen molar-refractivity contribution in [2.45, 2.75) is 57.4 Å². The van der Waals surface area contributed by atoms with Crippen molar-refractivity contribution >= 4 is 0 Å². The zero-order valence-corrected chi connectivity index (χ0v) is 7.97. The molecule has 0 spiro atoms. The average Bonchev–Trinajstić information content (AvgIpc) is 2.29. The third kappa shape index (κ3) is 1.82. The van der Waals surface area contributed by atoms with Gasteiger partial charge in [0.1, 0.15) is 0 Å². The van der Waals surface area contributed by atoms with Gasteiger partial charge in [-0.05, 0) is 37.5 Å². The molecule has 0 aromatic carbocycles. The standard InChI is InChI=1S/C11H21N/c12-11-7-5-9-3-1-2-4-10(9)6-8-11/h9-11H,1-8,12H2. The molecule has 0 aliphatic heterocycles. The Bertz CT molecular complexity index is 128. The highest BCUT2D eigenvalue weighted by molar-refractivity contribution is 4.81. The lowest BCUT2D eigenvalue weighted by Crippen LogP contribution is -2.18. The van der Waals surface area contributed by atoms with Gasteiger partial charge in [-0.2, -0.15) is 0 Å². The molecule has 2 N–H and O–H groups in total. The van der Waals surface area contributed by atoms with E-state index in [1.165, 1.54) is 51.4 Å². The quantitative estimate of drug-likeness (QED) is 0.590. The SMILES string of the molecule is NC1CCC2CCCCC2CC1. The smallest absolute Gasteiger partial charge is 0.00390 e. The monoisotopic (exact) mass is 167 g/mol. The zero-order valence-electron chi connectivity index (χ0n) is 7.97. The van der Waals surface area contributed by atoms with Gasteiger partial charge in [0, 0.05) is 6.04 Å². The maximum absolute atomic E-state index is 5.99. The van der Waals surface area contributed by atoms with Crippen molar-refractivity contribution in [1.29, 1.82) is 0 Å². The fourth-order valence-electron chi connectivity index (χ4n) is 3.05. The molecule has 0 amide bonds. The molecular weight excluding hydrogens is 146 g/mol. The summed E-state index contributed by atoms with van der Waals surface area (Å²) in [5.41, 5.74) is 5.99. The zero-order chi connectivity index (χ0) is 8.39. The number of hydrogen-bond donors (Lipinski definition) is 1. The minimum atomic E-state index is 0.524. The minimum absolute atomic E-state index is 0.524. The summed E-state index contributed by atoms with van der Waals surface area (Å²) in [6.07, 6.45) is 11.4. The highest BCUT2D eigenvalue weighted by atomic mass is 14.6. The van der Waals surface area contributed by atoms with E-state index in [4.69, 9.17) is 5.73 Å². The topological polar surface area (TPSA) is 26.0 Å². The molecule has 0 saturated heterocycles. The van der Waals surface area contributed by atoms with Gasteiger partial charge in [0.2, 0.25) is 0 Å². The molecule has 2 fully saturated rings. The van der Waals surface area contributed by atoms with Crippen LogP contribution >= 0.6 is 0 Å². The van der Waals surface area contributed by atoms with Gasteiger partial charge in [-0.15, -0.1) is 0 Å². The number of rotatable bonds is 0. The first-order valence-corrected chi connectivity index (χ1v) is 5.62. The normalized spacial score (nSPS) is 43.2. The van der Waals surface area contributed by atoms with Gasteiger partial charge in [-0.3, -0.25) is 0 Å². The van der Waals surface area contributed by atoms with Gasteiger partial charge in [0.25, 0.3) is 0 Å². The van der Waals surface area contributed by atoms with Gasteiger partial charge in [-0.1, -0.05) is 25.7 Å². The third-order valence-corrected chi connectivity index (χ3v) is 3.88. The van der Waals surface area contributed by atoms with E-state index in [0.29, 0.717) is 6.04 Å². The van der Waals surface area contributed by atoms with Crippen LogP contribution in [0, 0.1) is 11.8 Å². The van der Waals surface area contributed by atoms with Crippen molar-refractivity contribution in [1.82, 2.24) is 0 Å². The molecule has 70 valence electrons. The maximum Gasteiger partial charge on any atom is 0.00390 e. The van der Waals surface area contributed by atoms with Crippen LogP contribution in [0.5, 0.6) is 0 Å². The predicted molar refractivity (Wildman–Crippen MR) is 51.9 cm³/mol. The predicted octanol–water partition coefficient (Wildman–Crippen LogP) is 2.69. The Hall–Kier alpha value is -0.0400. The molecule has 0 heterocycles. The summed E-state index contributed by atoms with van der Waals surface area (Å²) in [7, 11) is 0. The molecule has 2 unspecified atom stereocenters. The van der Waals surface area contributed by atoms with Crippen LogP contribution < -0.4 is 5.73 Å². The highest BCUT2D eigenvalue weighted by Crippen LogP contribution is 2.38. The summed E-state index contributed by atoms with van der Waals surface area (Å²) in [6.45, 7) is 0. The van der Waals surface area contributed by atoms with Gasteiger partial charge in [0.15, 0.2) is 0 Å². The molecule has 0 bridgehead atoms. The van der Waals surface area contributed by atoms with Crippen LogP contribution in [-0.2, 0) is 0 Å². The Morgan fingerprint density at radius 3 is 1.67 bits per heavy atom. The molecule has 2 atom stereocenters. The van der Waals surface area contributed by atoms with Crippen LogP contribution in [0.3, 0.4) is 0 Å². The van der Waals surface area contributed by atoms with Crippen molar-refractivity contribution in [2.24, 2.45) is 17.6 Å². The van der Waals surface area contributed by atoms with Crippen molar-refractivity contribution < 1.29 is 0 Å². The minimum Gasteiger partial charge on any atom is -0.328 e. The second-order valence-corrected chi connectivity index (χ2v) is 4.72. The first-order chi connectivity index (χ1) is 5.86. The van der Waals surface area contributed by atoms with E-state index in [1.807, 2.05) is 0 Å². The van der Waals surface area contributed by atoms with Gasteiger partial charge in [0.05, 0.1) is 0 Å². The molecule has 1 nitrogen and oxygen atoms in total. The summed E-state index contributed by atoms with van der Waals surface area (Å²) in [5.74, 6) is 2.10. The van der Waals surface area contributed by atoms with Gasteiger partial charge < -0.3 is 5.73 Å². The first kappa shape index (κ1) is 8.55. The number of nitrogens with two attached hydrogens (primary N) is 1. The van der Waals surface area contributed by atoms with Crippen LogP contribution in [0.1, 0.15) is 51.4 Å². The lowest BCUT2D eigenvalue weighted by atomic mass is 9.77.